The van der Waals surface area contributed by atoms with E-state index in [1.165, 1.54) is 0 Å². The molecule has 0 aliphatic heterocycles. The minimum absolute atomic E-state index is 0.0514. The van der Waals surface area contributed by atoms with Gasteiger partial charge in [0.15, 0.2) is 0 Å². The molecule has 256 valence electrons. The molecule has 0 amide bonds. The van der Waals surface area contributed by atoms with Crippen LogP contribution < -0.4 is 16.2 Å². The monoisotopic (exact) mass is 704 g/mol. The smallest absolute Gasteiger partial charge is 0.127 e. The number of hydrogen-bond acceptors (Lipinski definition) is 7. The van der Waals surface area contributed by atoms with Gasteiger partial charge >= 0.3 is 0 Å². The predicted octanol–water partition coefficient (Wildman–Crippen LogP) is 8.63. The maximum Gasteiger partial charge on any atom is 0.127 e. The van der Waals surface area contributed by atoms with Crippen LogP contribution in [0.3, 0.4) is 0 Å². The molecule has 6 N–H and O–H groups in total. The lowest BCUT2D eigenvalue weighted by atomic mass is 10.0. The summed E-state index contributed by atoms with van der Waals surface area (Å²) in [5.41, 5.74) is 19.6. The first-order chi connectivity index (χ1) is 25.3. The Hall–Kier alpha value is -6.75. The lowest BCUT2D eigenvalue weighted by Gasteiger charge is -2.07. The molecule has 0 radical (unpaired) electrons. The quantitative estimate of drug-likeness (QED) is 0.123. The van der Waals surface area contributed by atoms with Crippen LogP contribution in [0.1, 0.15) is 22.3 Å². The lowest BCUT2D eigenvalue weighted by Crippen LogP contribution is -2.00. The molecule has 0 saturated heterocycles. The van der Waals surface area contributed by atoms with Gasteiger partial charge in [0.25, 0.3) is 0 Å². The third kappa shape index (κ3) is 7.53. The standard InChI is InChI=1S/C24H19N3O2.C18H14ClN3O/c25-14-22-23(15-27(24(22)26)19-6-4-5-17(13-19)16-28)18-9-11-21(12-10-18)29-20-7-2-1-3-8-20;19-14-6-4-13(5-7-14)17-10-22(18(21)16(17)9-20)15-3-1-2-12(8-15)11-23/h1-13,15,28H,16,26H2;1-8,10,23H,11,21H2. The van der Waals surface area contributed by atoms with Crippen molar-refractivity contribution in [3.05, 3.63) is 167 Å². The fourth-order valence-electron chi connectivity index (χ4n) is 5.71. The molecule has 0 spiro atoms. The van der Waals surface area contributed by atoms with E-state index in [2.05, 4.69) is 12.1 Å². The Labute approximate surface area is 306 Å². The molecule has 7 rings (SSSR count). The highest BCUT2D eigenvalue weighted by molar-refractivity contribution is 6.30. The number of para-hydroxylation sites is 1. The number of ether oxygens (including phenoxy) is 1. The number of halogens is 1. The van der Waals surface area contributed by atoms with Crippen molar-refractivity contribution in [2.45, 2.75) is 13.2 Å². The molecule has 10 heteroatoms. The van der Waals surface area contributed by atoms with Gasteiger partial charge in [0, 0.05) is 39.9 Å². The van der Waals surface area contributed by atoms with Gasteiger partial charge in [-0.2, -0.15) is 10.5 Å². The first-order valence-corrected chi connectivity index (χ1v) is 16.5. The molecule has 0 fully saturated rings. The number of nitriles is 2. The number of nitrogen functional groups attached to an aromatic ring is 2. The van der Waals surface area contributed by atoms with Gasteiger partial charge in [0.1, 0.15) is 46.4 Å². The summed E-state index contributed by atoms with van der Waals surface area (Å²) in [6, 6.07) is 43.5. The number of anilines is 2. The molecule has 0 aliphatic carbocycles. The summed E-state index contributed by atoms with van der Waals surface area (Å²) in [4.78, 5) is 0. The molecular formula is C42H33ClN6O3. The second kappa shape index (κ2) is 15.9. The van der Waals surface area contributed by atoms with E-state index in [9.17, 15) is 20.7 Å². The normalized spacial score (nSPS) is 10.5. The Kier molecular flexibility index (Phi) is 10.7. The van der Waals surface area contributed by atoms with Crippen molar-refractivity contribution in [2.75, 3.05) is 11.5 Å². The number of aliphatic hydroxyl groups excluding tert-OH is 2. The molecule has 5 aromatic carbocycles. The topological polar surface area (TPSA) is 159 Å². The van der Waals surface area contributed by atoms with Gasteiger partial charge in [-0.25, -0.2) is 0 Å². The first-order valence-electron chi connectivity index (χ1n) is 16.1. The first kappa shape index (κ1) is 35.1. The second-order valence-corrected chi connectivity index (χ2v) is 12.1. The SMILES string of the molecule is N#Cc1c(-c2ccc(Cl)cc2)cn(-c2cccc(CO)c2)c1N.N#Cc1c(-c2ccc(Oc3ccccc3)cc2)cn(-c2cccc(CO)c2)c1N. The van der Waals surface area contributed by atoms with E-state index in [1.54, 1.807) is 21.3 Å². The van der Waals surface area contributed by atoms with Crippen molar-refractivity contribution in [3.8, 4) is 57.3 Å². The van der Waals surface area contributed by atoms with Gasteiger partial charge in [0.05, 0.1) is 13.2 Å². The zero-order valence-electron chi connectivity index (χ0n) is 27.8. The molecule has 52 heavy (non-hydrogen) atoms. The Morgan fingerprint density at radius 1 is 0.577 bits per heavy atom. The molecule has 7 aromatic rings. The van der Waals surface area contributed by atoms with Crippen LogP contribution in [0.25, 0.3) is 33.6 Å². The Balaban J connectivity index is 0.000000183. The highest BCUT2D eigenvalue weighted by Gasteiger charge is 2.18. The van der Waals surface area contributed by atoms with Crippen molar-refractivity contribution in [3.63, 3.8) is 0 Å². The van der Waals surface area contributed by atoms with Gasteiger partial charge < -0.3 is 35.6 Å². The van der Waals surface area contributed by atoms with Crippen LogP contribution in [-0.4, -0.2) is 19.3 Å². The maximum absolute atomic E-state index is 9.66. The van der Waals surface area contributed by atoms with Gasteiger partial charge in [-0.15, -0.1) is 0 Å². The van der Waals surface area contributed by atoms with Gasteiger partial charge in [-0.1, -0.05) is 78.3 Å². The average molecular weight is 705 g/mol. The fraction of sp³-hybridized carbons (Fsp3) is 0.0476. The summed E-state index contributed by atoms with van der Waals surface area (Å²) in [6.45, 7) is -0.111. The zero-order valence-corrected chi connectivity index (χ0v) is 28.6. The number of nitrogens with two attached hydrogens (primary N) is 2. The van der Waals surface area contributed by atoms with Crippen LogP contribution in [-0.2, 0) is 13.2 Å². The largest absolute Gasteiger partial charge is 0.457 e. The summed E-state index contributed by atoms with van der Waals surface area (Å²) in [5.74, 6) is 2.20. The number of aliphatic hydroxyl groups is 2. The number of benzene rings is 5. The molecule has 0 atom stereocenters. The second-order valence-electron chi connectivity index (χ2n) is 11.7. The molecule has 2 heterocycles. The third-order valence-electron chi connectivity index (χ3n) is 8.35. The van der Waals surface area contributed by atoms with Crippen molar-refractivity contribution in [1.82, 2.24) is 9.13 Å². The van der Waals surface area contributed by atoms with Crippen molar-refractivity contribution in [2.24, 2.45) is 0 Å². The number of rotatable bonds is 8. The van der Waals surface area contributed by atoms with E-state index < -0.39 is 0 Å². The van der Waals surface area contributed by atoms with Crippen LogP contribution in [0.5, 0.6) is 11.5 Å². The van der Waals surface area contributed by atoms with Gasteiger partial charge in [-0.3, -0.25) is 0 Å². The van der Waals surface area contributed by atoms with Crippen LogP contribution in [0.4, 0.5) is 11.6 Å². The highest BCUT2D eigenvalue weighted by Crippen LogP contribution is 2.34. The van der Waals surface area contributed by atoms with E-state index >= 15 is 0 Å². The van der Waals surface area contributed by atoms with Crippen LogP contribution in [0.15, 0.2) is 140 Å². The van der Waals surface area contributed by atoms with E-state index in [4.69, 9.17) is 27.8 Å². The maximum atomic E-state index is 9.66. The summed E-state index contributed by atoms with van der Waals surface area (Å²) in [7, 11) is 0. The molecule has 0 saturated carbocycles. The van der Waals surface area contributed by atoms with Crippen molar-refractivity contribution >= 4 is 23.2 Å². The molecule has 2 aromatic heterocycles. The summed E-state index contributed by atoms with van der Waals surface area (Å²) in [6.07, 6.45) is 3.67. The van der Waals surface area contributed by atoms with Crippen molar-refractivity contribution < 1.29 is 14.9 Å². The summed E-state index contributed by atoms with van der Waals surface area (Å²) >= 11 is 5.92. The summed E-state index contributed by atoms with van der Waals surface area (Å²) < 4.78 is 9.35. The lowest BCUT2D eigenvalue weighted by molar-refractivity contribution is 0.281. The highest BCUT2D eigenvalue weighted by atomic mass is 35.5. The molecule has 9 nitrogen and oxygen atoms in total. The fourth-order valence-corrected chi connectivity index (χ4v) is 5.84. The minimum Gasteiger partial charge on any atom is -0.457 e. The van der Waals surface area contributed by atoms with Crippen LogP contribution in [0, 0.1) is 22.7 Å². The van der Waals surface area contributed by atoms with Crippen molar-refractivity contribution in [1.29, 1.82) is 10.5 Å². The Bertz CT molecular complexity index is 2400. The predicted molar refractivity (Wildman–Crippen MR) is 204 cm³/mol. The molecule has 0 aliphatic rings. The number of hydrogen-bond donors (Lipinski definition) is 4. The minimum atomic E-state index is -0.0597. The van der Waals surface area contributed by atoms with Gasteiger partial charge in [0.2, 0.25) is 0 Å². The third-order valence-corrected chi connectivity index (χ3v) is 8.60. The van der Waals surface area contributed by atoms with Crippen LogP contribution in [0.2, 0.25) is 5.02 Å². The van der Waals surface area contributed by atoms with Crippen LogP contribution >= 0.6 is 11.6 Å². The molecule has 0 unspecified atom stereocenters. The number of nitrogens with zero attached hydrogens (tertiary/aromatic N) is 4. The van der Waals surface area contributed by atoms with E-state index in [0.717, 1.165) is 50.5 Å². The van der Waals surface area contributed by atoms with E-state index in [-0.39, 0.29) is 13.2 Å². The van der Waals surface area contributed by atoms with E-state index in [0.29, 0.717) is 33.5 Å². The van der Waals surface area contributed by atoms with E-state index in [1.807, 2.05) is 128 Å². The molecular weight excluding hydrogens is 672 g/mol. The molecule has 0 bridgehead atoms. The Morgan fingerprint density at radius 3 is 1.46 bits per heavy atom. The number of aromatic nitrogens is 2. The average Bonchev–Trinajstić information content (AvgIpc) is 3.71. The summed E-state index contributed by atoms with van der Waals surface area (Å²) in [5, 5.41) is 38.4. The zero-order chi connectivity index (χ0) is 36.6. The van der Waals surface area contributed by atoms with Gasteiger partial charge in [-0.05, 0) is 82.9 Å². The Morgan fingerprint density at radius 2 is 1.02 bits per heavy atom.